The van der Waals surface area contributed by atoms with Crippen molar-refractivity contribution in [2.45, 2.75) is 26.7 Å². The number of ether oxygens (including phenoxy) is 2. The Kier molecular flexibility index (Phi) is 7.50. The Morgan fingerprint density at radius 3 is 2.54 bits per heavy atom. The summed E-state index contributed by atoms with van der Waals surface area (Å²) >= 11 is 0. The molecule has 0 unspecified atom stereocenters. The number of benzene rings is 2. The summed E-state index contributed by atoms with van der Waals surface area (Å²) in [5.74, 6) is 1.40. The molecule has 2 aromatic rings. The second-order valence-corrected chi connectivity index (χ2v) is 6.01. The molecule has 0 aromatic heterocycles. The molecule has 2 rings (SSSR count). The van der Waals surface area contributed by atoms with Crippen molar-refractivity contribution in [3.05, 3.63) is 59.2 Å². The molecule has 0 heterocycles. The molecule has 136 valence electrons. The standard InChI is InChI=1S/C21H24N2O3/c1-16-7-8-19(17(2)15-16)25-13-14-26-20-6-4-3-5-18(20)10-12-23-21(24)9-11-22/h3-8,15H,9-10,12-14H2,1-2H3,(H,23,24). The zero-order valence-electron chi connectivity index (χ0n) is 15.2. The molecule has 0 bridgehead atoms. The Balaban J connectivity index is 1.80. The largest absolute Gasteiger partial charge is 0.490 e. The maximum atomic E-state index is 11.3. The third kappa shape index (κ3) is 6.14. The van der Waals surface area contributed by atoms with Crippen molar-refractivity contribution in [3.63, 3.8) is 0 Å². The van der Waals surface area contributed by atoms with Crippen molar-refractivity contribution < 1.29 is 14.3 Å². The van der Waals surface area contributed by atoms with Gasteiger partial charge in [0.2, 0.25) is 5.91 Å². The van der Waals surface area contributed by atoms with Crippen LogP contribution in [-0.2, 0) is 11.2 Å². The molecule has 0 aliphatic carbocycles. The number of nitrogens with one attached hydrogen (secondary N) is 1. The molecule has 5 heteroatoms. The van der Waals surface area contributed by atoms with Gasteiger partial charge in [-0.25, -0.2) is 0 Å². The molecule has 26 heavy (non-hydrogen) atoms. The predicted molar refractivity (Wildman–Crippen MR) is 100 cm³/mol. The van der Waals surface area contributed by atoms with Crippen molar-refractivity contribution in [1.82, 2.24) is 5.32 Å². The van der Waals surface area contributed by atoms with Crippen LogP contribution >= 0.6 is 0 Å². The summed E-state index contributed by atoms with van der Waals surface area (Å²) in [6, 6.07) is 15.6. The summed E-state index contributed by atoms with van der Waals surface area (Å²) < 4.78 is 11.6. The van der Waals surface area contributed by atoms with E-state index in [0.717, 1.165) is 22.6 Å². The Bertz CT molecular complexity index is 781. The first-order chi connectivity index (χ1) is 12.6. The van der Waals surface area contributed by atoms with Gasteiger partial charge in [-0.3, -0.25) is 4.79 Å². The van der Waals surface area contributed by atoms with Crippen LogP contribution in [0.3, 0.4) is 0 Å². The lowest BCUT2D eigenvalue weighted by atomic mass is 10.1. The van der Waals surface area contributed by atoms with Gasteiger partial charge in [-0.2, -0.15) is 5.26 Å². The average molecular weight is 352 g/mol. The van der Waals surface area contributed by atoms with Crippen LogP contribution in [0.2, 0.25) is 0 Å². The van der Waals surface area contributed by atoms with Gasteiger partial charge in [0, 0.05) is 6.54 Å². The molecule has 0 aliphatic rings. The van der Waals surface area contributed by atoms with E-state index in [1.165, 1.54) is 5.56 Å². The van der Waals surface area contributed by atoms with Gasteiger partial charge in [0.05, 0.1) is 6.07 Å². The van der Waals surface area contributed by atoms with E-state index in [4.69, 9.17) is 14.7 Å². The highest BCUT2D eigenvalue weighted by Gasteiger charge is 2.05. The molecule has 0 aliphatic heterocycles. The fourth-order valence-corrected chi connectivity index (χ4v) is 2.59. The number of aryl methyl sites for hydroxylation is 2. The minimum absolute atomic E-state index is 0.117. The number of nitriles is 1. The van der Waals surface area contributed by atoms with Gasteiger partial charge in [-0.05, 0) is 43.5 Å². The summed E-state index contributed by atoms with van der Waals surface area (Å²) in [6.45, 7) is 5.45. The molecule has 0 radical (unpaired) electrons. The molecule has 0 spiro atoms. The van der Waals surface area contributed by atoms with E-state index in [0.29, 0.717) is 26.2 Å². The van der Waals surface area contributed by atoms with Gasteiger partial charge in [-0.1, -0.05) is 35.9 Å². The topological polar surface area (TPSA) is 71.3 Å². The zero-order chi connectivity index (χ0) is 18.8. The van der Waals surface area contributed by atoms with Crippen LogP contribution < -0.4 is 14.8 Å². The van der Waals surface area contributed by atoms with Crippen molar-refractivity contribution in [2.75, 3.05) is 19.8 Å². The van der Waals surface area contributed by atoms with E-state index >= 15 is 0 Å². The second-order valence-electron chi connectivity index (χ2n) is 6.01. The van der Waals surface area contributed by atoms with E-state index in [1.54, 1.807) is 0 Å². The van der Waals surface area contributed by atoms with Gasteiger partial charge in [0.1, 0.15) is 31.1 Å². The molecule has 1 amide bonds. The number of carbonyl (C=O) groups is 1. The molecule has 0 atom stereocenters. The summed E-state index contributed by atoms with van der Waals surface area (Å²) in [5.41, 5.74) is 3.33. The molecular weight excluding hydrogens is 328 g/mol. The quantitative estimate of drug-likeness (QED) is 0.703. The van der Waals surface area contributed by atoms with E-state index in [1.807, 2.05) is 49.4 Å². The number of hydrogen-bond acceptors (Lipinski definition) is 4. The molecule has 2 aromatic carbocycles. The van der Waals surface area contributed by atoms with Crippen LogP contribution in [0.1, 0.15) is 23.1 Å². The van der Waals surface area contributed by atoms with Gasteiger partial charge in [0.15, 0.2) is 0 Å². The maximum absolute atomic E-state index is 11.3. The highest BCUT2D eigenvalue weighted by molar-refractivity contribution is 5.77. The SMILES string of the molecule is Cc1ccc(OCCOc2ccccc2CCNC(=O)CC#N)c(C)c1. The number of rotatable bonds is 9. The van der Waals surface area contributed by atoms with Crippen molar-refractivity contribution in [1.29, 1.82) is 5.26 Å². The monoisotopic (exact) mass is 352 g/mol. The van der Waals surface area contributed by atoms with E-state index in [-0.39, 0.29) is 12.3 Å². The van der Waals surface area contributed by atoms with E-state index < -0.39 is 0 Å². The minimum atomic E-state index is -0.257. The van der Waals surface area contributed by atoms with Crippen LogP contribution in [0.15, 0.2) is 42.5 Å². The molecule has 0 saturated heterocycles. The summed E-state index contributed by atoms with van der Waals surface area (Å²) in [6.07, 6.45) is 0.527. The van der Waals surface area contributed by atoms with Crippen LogP contribution in [0.25, 0.3) is 0 Å². The van der Waals surface area contributed by atoms with Crippen LogP contribution in [-0.4, -0.2) is 25.7 Å². The fraction of sp³-hybridized carbons (Fsp3) is 0.333. The molecule has 0 fully saturated rings. The lowest BCUT2D eigenvalue weighted by Crippen LogP contribution is -2.25. The zero-order valence-corrected chi connectivity index (χ0v) is 15.2. The molecular formula is C21H24N2O3. The van der Waals surface area contributed by atoms with Crippen molar-refractivity contribution >= 4 is 5.91 Å². The summed E-state index contributed by atoms with van der Waals surface area (Å²) in [7, 11) is 0. The smallest absolute Gasteiger partial charge is 0.234 e. The number of hydrogen-bond donors (Lipinski definition) is 1. The molecule has 5 nitrogen and oxygen atoms in total. The summed E-state index contributed by atoms with van der Waals surface area (Å²) in [4.78, 5) is 11.3. The van der Waals surface area contributed by atoms with E-state index in [9.17, 15) is 4.79 Å². The Morgan fingerprint density at radius 2 is 1.81 bits per heavy atom. The lowest BCUT2D eigenvalue weighted by molar-refractivity contribution is -0.120. The third-order valence-corrected chi connectivity index (χ3v) is 3.86. The molecule has 0 saturated carbocycles. The number of amides is 1. The maximum Gasteiger partial charge on any atom is 0.234 e. The normalized spacial score (nSPS) is 10.0. The minimum Gasteiger partial charge on any atom is -0.490 e. The van der Waals surface area contributed by atoms with Gasteiger partial charge in [0.25, 0.3) is 0 Å². The fourth-order valence-electron chi connectivity index (χ4n) is 2.59. The van der Waals surface area contributed by atoms with Gasteiger partial charge in [-0.15, -0.1) is 0 Å². The number of para-hydroxylation sites is 1. The highest BCUT2D eigenvalue weighted by Crippen LogP contribution is 2.20. The average Bonchev–Trinajstić information content (AvgIpc) is 2.61. The summed E-state index contributed by atoms with van der Waals surface area (Å²) in [5, 5.41) is 11.2. The Morgan fingerprint density at radius 1 is 1.08 bits per heavy atom. The van der Waals surface area contributed by atoms with Gasteiger partial charge < -0.3 is 14.8 Å². The first kappa shape index (κ1) is 19.3. The van der Waals surface area contributed by atoms with Crippen molar-refractivity contribution in [3.8, 4) is 17.6 Å². The van der Waals surface area contributed by atoms with Crippen LogP contribution in [0.4, 0.5) is 0 Å². The Labute approximate surface area is 154 Å². The third-order valence-electron chi connectivity index (χ3n) is 3.86. The Hall–Kier alpha value is -3.00. The number of carbonyl (C=O) groups excluding carboxylic acids is 1. The predicted octanol–water partition coefficient (Wildman–Crippen LogP) is 3.33. The highest BCUT2D eigenvalue weighted by atomic mass is 16.5. The van der Waals surface area contributed by atoms with E-state index in [2.05, 4.69) is 18.3 Å². The van der Waals surface area contributed by atoms with Crippen LogP contribution in [0, 0.1) is 25.2 Å². The second kappa shape index (κ2) is 10.1. The van der Waals surface area contributed by atoms with Crippen molar-refractivity contribution in [2.24, 2.45) is 0 Å². The first-order valence-corrected chi connectivity index (χ1v) is 8.64. The molecule has 1 N–H and O–H groups in total. The van der Waals surface area contributed by atoms with Gasteiger partial charge >= 0.3 is 0 Å². The van der Waals surface area contributed by atoms with Crippen LogP contribution in [0.5, 0.6) is 11.5 Å². The number of nitrogens with zero attached hydrogens (tertiary/aromatic N) is 1. The first-order valence-electron chi connectivity index (χ1n) is 8.64. The lowest BCUT2D eigenvalue weighted by Gasteiger charge is -2.13.